The summed E-state index contributed by atoms with van der Waals surface area (Å²) in [5, 5.41) is 2.04. The SMILES string of the molecule is Cc1cc(-c2[c-]cccc2)nc[c]1[Ge]([CH3])([CH3])[CH3].[2H]C([2H])(c1ccnc(-c2[c-]ccc3c2oc2cc(-c4ccccc4)ccc23)c1)C(C)C.[Ir]. The number of benzene rings is 4. The molecule has 0 bridgehead atoms. The molecular formula is C42H40GeIrN2O-2. The molecule has 7 rings (SSSR count). The minimum atomic E-state index is -1.77. The molecule has 0 aliphatic carbocycles. The maximum Gasteiger partial charge on any atom is 0.121 e. The summed E-state index contributed by atoms with van der Waals surface area (Å²) in [5.74, 6) is 7.06. The maximum absolute atomic E-state index is 8.44. The minimum absolute atomic E-state index is 0. The molecular weight excluding hydrogens is 813 g/mol. The Kier molecular flexibility index (Phi) is 10.1. The van der Waals surface area contributed by atoms with Gasteiger partial charge in [-0.05, 0) is 41.2 Å². The van der Waals surface area contributed by atoms with Crippen LogP contribution in [0.2, 0.25) is 17.3 Å². The summed E-state index contributed by atoms with van der Waals surface area (Å²) in [6.07, 6.45) is 2.29. The fourth-order valence-corrected chi connectivity index (χ4v) is 9.35. The number of hydrogen-bond acceptors (Lipinski definition) is 3. The van der Waals surface area contributed by atoms with Crippen molar-refractivity contribution in [1.82, 2.24) is 9.97 Å². The molecule has 0 fully saturated rings. The van der Waals surface area contributed by atoms with Gasteiger partial charge in [-0.2, -0.15) is 0 Å². The van der Waals surface area contributed by atoms with E-state index in [0.717, 1.165) is 49.9 Å². The van der Waals surface area contributed by atoms with Gasteiger partial charge in [-0.15, -0.1) is 18.2 Å². The summed E-state index contributed by atoms with van der Waals surface area (Å²) in [5.41, 5.74) is 9.27. The van der Waals surface area contributed by atoms with E-state index in [1.807, 2.05) is 68.4 Å². The third kappa shape index (κ3) is 8.01. The Bertz CT molecular complexity index is 2190. The summed E-state index contributed by atoms with van der Waals surface area (Å²) >= 11 is -1.77. The van der Waals surface area contributed by atoms with Gasteiger partial charge in [-0.25, -0.2) is 0 Å². The van der Waals surface area contributed by atoms with Crippen LogP contribution in [-0.4, -0.2) is 23.2 Å². The summed E-state index contributed by atoms with van der Waals surface area (Å²) in [7, 11) is 0. The van der Waals surface area contributed by atoms with Gasteiger partial charge in [-0.3, -0.25) is 0 Å². The van der Waals surface area contributed by atoms with Crippen LogP contribution >= 0.6 is 0 Å². The average molecular weight is 856 g/mol. The van der Waals surface area contributed by atoms with E-state index in [0.29, 0.717) is 11.3 Å². The molecule has 0 N–H and O–H groups in total. The molecule has 0 aliphatic rings. The van der Waals surface area contributed by atoms with Gasteiger partial charge in [0.1, 0.15) is 5.58 Å². The van der Waals surface area contributed by atoms with Gasteiger partial charge in [0.25, 0.3) is 0 Å². The number of aryl methyl sites for hydroxylation is 1. The van der Waals surface area contributed by atoms with Gasteiger partial charge in [0.05, 0.1) is 5.58 Å². The van der Waals surface area contributed by atoms with Gasteiger partial charge in [-0.1, -0.05) is 78.9 Å². The maximum atomic E-state index is 8.44. The van der Waals surface area contributed by atoms with Crippen molar-refractivity contribution < 1.29 is 27.3 Å². The number of hydrogen-bond donors (Lipinski definition) is 0. The summed E-state index contributed by atoms with van der Waals surface area (Å²) in [6.45, 7) is 5.97. The van der Waals surface area contributed by atoms with E-state index in [4.69, 9.17) is 7.16 Å². The zero-order valence-electron chi connectivity index (χ0n) is 29.7. The van der Waals surface area contributed by atoms with E-state index in [-0.39, 0.29) is 26.0 Å². The standard InChI is InChI=1S/C27H22NO.C15H18GeN.Ir/c1-18(2)15-19-13-14-28-25(16-19)24-10-6-9-23-22-12-11-21(17-26(22)29-27(23)24)20-7-4-3-5-8-20;1-12-10-15(13-8-6-5-7-9-13)17-11-14(12)16(2,3)4;/h3-9,11-14,16-18H,15H2,1-2H3;5-8,10-11H,1-4H3;/q2*-1;/i15D2;;. The van der Waals surface area contributed by atoms with Crippen LogP contribution < -0.4 is 4.40 Å². The second kappa shape index (κ2) is 14.9. The fourth-order valence-electron chi connectivity index (χ4n) is 5.77. The van der Waals surface area contributed by atoms with Crippen molar-refractivity contribution in [3.8, 4) is 33.6 Å². The summed E-state index contributed by atoms with van der Waals surface area (Å²) in [4.78, 5) is 9.10. The topological polar surface area (TPSA) is 38.9 Å². The number of fused-ring (bicyclic) bond motifs is 3. The molecule has 47 heavy (non-hydrogen) atoms. The first-order chi connectivity index (χ1) is 22.9. The molecule has 3 heterocycles. The molecule has 0 spiro atoms. The van der Waals surface area contributed by atoms with Crippen LogP contribution in [0.5, 0.6) is 0 Å². The molecule has 0 saturated heterocycles. The van der Waals surface area contributed by atoms with Crippen molar-refractivity contribution in [2.45, 2.75) is 44.4 Å². The van der Waals surface area contributed by atoms with Gasteiger partial charge >= 0.3 is 106 Å². The van der Waals surface area contributed by atoms with Crippen LogP contribution in [0, 0.1) is 25.0 Å². The van der Waals surface area contributed by atoms with Crippen LogP contribution in [0.3, 0.4) is 0 Å². The van der Waals surface area contributed by atoms with E-state index in [1.54, 1.807) is 12.3 Å². The zero-order valence-corrected chi connectivity index (χ0v) is 32.2. The first-order valence-electron chi connectivity index (χ1n) is 16.8. The molecule has 0 atom stereocenters. The van der Waals surface area contributed by atoms with Crippen molar-refractivity contribution >= 4 is 39.6 Å². The van der Waals surface area contributed by atoms with E-state index < -0.39 is 19.6 Å². The van der Waals surface area contributed by atoms with Crippen LogP contribution in [-0.2, 0) is 26.5 Å². The normalized spacial score (nSPS) is 12.2. The molecule has 4 aromatic carbocycles. The van der Waals surface area contributed by atoms with Crippen LogP contribution in [0.25, 0.3) is 55.6 Å². The van der Waals surface area contributed by atoms with Crippen molar-refractivity contribution in [2.24, 2.45) is 5.92 Å². The van der Waals surface area contributed by atoms with Crippen LogP contribution in [0.15, 0.2) is 120 Å². The van der Waals surface area contributed by atoms with E-state index in [9.17, 15) is 0 Å². The summed E-state index contributed by atoms with van der Waals surface area (Å²) in [6, 6.07) is 40.6. The van der Waals surface area contributed by atoms with Crippen molar-refractivity contribution in [3.05, 3.63) is 139 Å². The second-order valence-electron chi connectivity index (χ2n) is 12.9. The van der Waals surface area contributed by atoms with Crippen LogP contribution in [0.1, 0.15) is 27.7 Å². The molecule has 239 valence electrons. The Balaban J connectivity index is 0.000000221. The smallest absolute Gasteiger partial charge is 0.121 e. The van der Waals surface area contributed by atoms with Crippen molar-refractivity contribution in [1.29, 1.82) is 0 Å². The fraction of sp³-hybridized carbons (Fsp3) is 0.190. The Morgan fingerprint density at radius 1 is 0.787 bits per heavy atom. The van der Waals surface area contributed by atoms with Crippen molar-refractivity contribution in [2.75, 3.05) is 0 Å². The van der Waals surface area contributed by atoms with E-state index in [2.05, 4.69) is 95.0 Å². The molecule has 1 radical (unpaired) electrons. The average Bonchev–Trinajstić information content (AvgIpc) is 3.47. The largest absolute Gasteiger partial charge is 0.501 e. The molecule has 0 aliphatic heterocycles. The summed E-state index contributed by atoms with van der Waals surface area (Å²) < 4.78 is 24.7. The predicted molar refractivity (Wildman–Crippen MR) is 196 cm³/mol. The minimum Gasteiger partial charge on any atom is -0.501 e. The monoisotopic (exact) mass is 857 g/mol. The molecule has 7 aromatic rings. The number of aromatic nitrogens is 2. The van der Waals surface area contributed by atoms with Gasteiger partial charge in [0, 0.05) is 34.4 Å². The van der Waals surface area contributed by atoms with E-state index in [1.165, 1.54) is 9.96 Å². The molecule has 5 heteroatoms. The molecule has 0 saturated carbocycles. The molecule has 0 unspecified atom stereocenters. The first kappa shape index (κ1) is 31.8. The molecule has 0 amide bonds. The Hall–Kier alpha value is -3.83. The van der Waals surface area contributed by atoms with Gasteiger partial charge in [0.2, 0.25) is 0 Å². The van der Waals surface area contributed by atoms with Crippen molar-refractivity contribution in [3.63, 3.8) is 0 Å². The number of rotatable bonds is 6. The van der Waals surface area contributed by atoms with Crippen LogP contribution in [0.4, 0.5) is 0 Å². The third-order valence-electron chi connectivity index (χ3n) is 7.92. The Labute approximate surface area is 298 Å². The second-order valence-corrected chi connectivity index (χ2v) is 23.5. The first-order valence-corrected chi connectivity index (χ1v) is 23.1. The Morgan fingerprint density at radius 3 is 2.28 bits per heavy atom. The van der Waals surface area contributed by atoms with Gasteiger partial charge in [0.15, 0.2) is 0 Å². The zero-order chi connectivity index (χ0) is 34.1. The Morgan fingerprint density at radius 2 is 1.57 bits per heavy atom. The molecule has 3 aromatic heterocycles. The predicted octanol–water partition coefficient (Wildman–Crippen LogP) is 10.7. The quantitative estimate of drug-likeness (QED) is 0.124. The number of furan rings is 1. The number of nitrogens with zero attached hydrogens (tertiary/aromatic N) is 2. The van der Waals surface area contributed by atoms with Gasteiger partial charge < -0.3 is 9.40 Å². The number of pyridine rings is 2. The molecule has 3 nitrogen and oxygen atoms in total. The third-order valence-corrected chi connectivity index (χ3v) is 12.4. The van der Waals surface area contributed by atoms with E-state index >= 15 is 0 Å².